The van der Waals surface area contributed by atoms with Crippen LogP contribution in [0.2, 0.25) is 0 Å². The van der Waals surface area contributed by atoms with Crippen LogP contribution in [0.4, 0.5) is 0 Å². The summed E-state index contributed by atoms with van der Waals surface area (Å²) in [4.78, 5) is 12.1. The maximum atomic E-state index is 12.1. The van der Waals surface area contributed by atoms with Gasteiger partial charge in [-0.15, -0.1) is 0 Å². The van der Waals surface area contributed by atoms with E-state index in [4.69, 9.17) is 14.2 Å². The third-order valence-corrected chi connectivity index (χ3v) is 2.94. The highest BCUT2D eigenvalue weighted by molar-refractivity contribution is 5.99. The van der Waals surface area contributed by atoms with Gasteiger partial charge in [0, 0.05) is 25.9 Å². The molecule has 0 heterocycles. The van der Waals surface area contributed by atoms with Gasteiger partial charge in [-0.3, -0.25) is 4.79 Å². The third kappa shape index (κ3) is 6.28. The fraction of sp³-hybridized carbons (Fsp3) is 0.562. The van der Waals surface area contributed by atoms with Crippen molar-refractivity contribution in [2.24, 2.45) is 0 Å². The lowest BCUT2D eigenvalue weighted by Crippen LogP contribution is -2.23. The molecule has 0 N–H and O–H groups in total. The molecule has 0 aromatic heterocycles. The second kappa shape index (κ2) is 9.64. The number of ether oxygens (including phenoxy) is 3. The second-order valence-corrected chi connectivity index (χ2v) is 4.70. The monoisotopic (exact) mass is 280 g/mol. The van der Waals surface area contributed by atoms with Crippen LogP contribution in [0.25, 0.3) is 0 Å². The van der Waals surface area contributed by atoms with Crippen molar-refractivity contribution in [3.05, 3.63) is 35.4 Å². The van der Waals surface area contributed by atoms with Gasteiger partial charge in [-0.05, 0) is 20.3 Å². The van der Waals surface area contributed by atoms with Gasteiger partial charge in [-0.1, -0.05) is 29.8 Å². The highest BCUT2D eigenvalue weighted by atomic mass is 16.5. The predicted molar refractivity (Wildman–Crippen MR) is 78.2 cm³/mol. The number of hydrogen-bond acceptors (Lipinski definition) is 4. The fourth-order valence-corrected chi connectivity index (χ4v) is 1.72. The number of Topliss-reactive ketones (excluding diaryl/α,β-unsaturated/α-hetero) is 1. The van der Waals surface area contributed by atoms with Gasteiger partial charge in [0.05, 0.1) is 13.2 Å². The molecule has 1 rings (SSSR count). The number of carbonyl (C=O) groups excluding carboxylic acids is 1. The van der Waals surface area contributed by atoms with E-state index in [-0.39, 0.29) is 5.78 Å². The molecule has 4 nitrogen and oxygen atoms in total. The SMILES string of the molecule is COCCCOCCOC(C)C(=O)c1ccc(C)cc1. The van der Waals surface area contributed by atoms with Crippen molar-refractivity contribution >= 4 is 5.78 Å². The predicted octanol–water partition coefficient (Wildman–Crippen LogP) is 2.64. The number of rotatable bonds is 10. The number of hydrogen-bond donors (Lipinski definition) is 0. The maximum Gasteiger partial charge on any atom is 0.191 e. The zero-order chi connectivity index (χ0) is 14.8. The van der Waals surface area contributed by atoms with Crippen LogP contribution < -0.4 is 0 Å². The molecule has 0 aliphatic rings. The standard InChI is InChI=1S/C16H24O4/c1-13-5-7-15(8-6-13)16(17)14(2)20-12-11-19-10-4-9-18-3/h5-8,14H,4,9-12H2,1-3H3. The highest BCUT2D eigenvalue weighted by Gasteiger charge is 2.15. The molecule has 0 radical (unpaired) electrons. The van der Waals surface area contributed by atoms with Crippen molar-refractivity contribution in [2.45, 2.75) is 26.4 Å². The van der Waals surface area contributed by atoms with Crippen molar-refractivity contribution in [3.8, 4) is 0 Å². The van der Waals surface area contributed by atoms with E-state index < -0.39 is 6.10 Å². The summed E-state index contributed by atoms with van der Waals surface area (Å²) in [5, 5.41) is 0. The van der Waals surface area contributed by atoms with E-state index >= 15 is 0 Å². The molecule has 0 saturated heterocycles. The number of ketones is 1. The first kappa shape index (κ1) is 16.8. The molecule has 0 amide bonds. The van der Waals surface area contributed by atoms with E-state index in [9.17, 15) is 4.79 Å². The Kier molecular flexibility index (Phi) is 8.11. The Morgan fingerprint density at radius 2 is 1.80 bits per heavy atom. The maximum absolute atomic E-state index is 12.1. The zero-order valence-corrected chi connectivity index (χ0v) is 12.6. The van der Waals surface area contributed by atoms with Gasteiger partial charge >= 0.3 is 0 Å². The van der Waals surface area contributed by atoms with Crippen LogP contribution in [0, 0.1) is 6.92 Å². The molecule has 4 heteroatoms. The number of methoxy groups -OCH3 is 1. The Hall–Kier alpha value is -1.23. The van der Waals surface area contributed by atoms with Gasteiger partial charge in [0.25, 0.3) is 0 Å². The van der Waals surface area contributed by atoms with Crippen LogP contribution in [0.5, 0.6) is 0 Å². The molecule has 112 valence electrons. The summed E-state index contributed by atoms with van der Waals surface area (Å²) in [6.07, 6.45) is 0.425. The van der Waals surface area contributed by atoms with E-state index in [1.807, 2.05) is 31.2 Å². The van der Waals surface area contributed by atoms with Crippen molar-refractivity contribution in [2.75, 3.05) is 33.5 Å². The lowest BCUT2D eigenvalue weighted by molar-refractivity contribution is 0.0116. The topological polar surface area (TPSA) is 44.8 Å². The van der Waals surface area contributed by atoms with Gasteiger partial charge in [-0.2, -0.15) is 0 Å². The summed E-state index contributed by atoms with van der Waals surface area (Å²) < 4.78 is 15.8. The average molecular weight is 280 g/mol. The van der Waals surface area contributed by atoms with Crippen LogP contribution in [0.15, 0.2) is 24.3 Å². The zero-order valence-electron chi connectivity index (χ0n) is 12.6. The van der Waals surface area contributed by atoms with E-state index in [1.165, 1.54) is 0 Å². The Labute approximate surface area is 121 Å². The summed E-state index contributed by atoms with van der Waals surface area (Å²) in [6, 6.07) is 7.52. The van der Waals surface area contributed by atoms with Crippen molar-refractivity contribution in [1.29, 1.82) is 0 Å². The fourth-order valence-electron chi connectivity index (χ4n) is 1.72. The third-order valence-electron chi connectivity index (χ3n) is 2.94. The summed E-state index contributed by atoms with van der Waals surface area (Å²) in [7, 11) is 1.67. The summed E-state index contributed by atoms with van der Waals surface area (Å²) >= 11 is 0. The molecule has 1 unspecified atom stereocenters. The average Bonchev–Trinajstić information content (AvgIpc) is 2.46. The first-order valence-electron chi connectivity index (χ1n) is 6.94. The molecule has 0 bridgehead atoms. The molecular formula is C16H24O4. The molecule has 1 aromatic carbocycles. The first-order chi connectivity index (χ1) is 9.65. The molecule has 0 spiro atoms. The van der Waals surface area contributed by atoms with Crippen molar-refractivity contribution < 1.29 is 19.0 Å². The van der Waals surface area contributed by atoms with Crippen molar-refractivity contribution in [3.63, 3.8) is 0 Å². The van der Waals surface area contributed by atoms with Gasteiger partial charge < -0.3 is 14.2 Å². The van der Waals surface area contributed by atoms with E-state index in [0.717, 1.165) is 12.0 Å². The summed E-state index contributed by atoms with van der Waals surface area (Å²) in [5.41, 5.74) is 1.82. The molecule has 0 aliphatic heterocycles. The van der Waals surface area contributed by atoms with Crippen LogP contribution >= 0.6 is 0 Å². The van der Waals surface area contributed by atoms with E-state index in [2.05, 4.69) is 0 Å². The molecule has 0 aliphatic carbocycles. The second-order valence-electron chi connectivity index (χ2n) is 4.70. The smallest absolute Gasteiger partial charge is 0.191 e. The Bertz CT molecular complexity index is 386. The summed E-state index contributed by atoms with van der Waals surface area (Å²) in [6.45, 7) is 6.03. The molecular weight excluding hydrogens is 256 g/mol. The minimum absolute atomic E-state index is 0.00406. The van der Waals surface area contributed by atoms with Gasteiger partial charge in [0.15, 0.2) is 5.78 Å². The Balaban J connectivity index is 2.20. The van der Waals surface area contributed by atoms with Crippen LogP contribution in [-0.2, 0) is 14.2 Å². The van der Waals surface area contributed by atoms with Crippen LogP contribution in [-0.4, -0.2) is 45.4 Å². The Morgan fingerprint density at radius 3 is 2.45 bits per heavy atom. The Morgan fingerprint density at radius 1 is 1.10 bits per heavy atom. The van der Waals surface area contributed by atoms with Crippen LogP contribution in [0.3, 0.4) is 0 Å². The molecule has 20 heavy (non-hydrogen) atoms. The van der Waals surface area contributed by atoms with Gasteiger partial charge in [0.2, 0.25) is 0 Å². The van der Waals surface area contributed by atoms with E-state index in [1.54, 1.807) is 14.0 Å². The summed E-state index contributed by atoms with van der Waals surface area (Å²) in [5.74, 6) is 0.00406. The van der Waals surface area contributed by atoms with Gasteiger partial charge in [0.1, 0.15) is 6.10 Å². The molecule has 1 atom stereocenters. The normalized spacial score (nSPS) is 12.3. The first-order valence-corrected chi connectivity index (χ1v) is 6.94. The van der Waals surface area contributed by atoms with Crippen LogP contribution in [0.1, 0.15) is 29.3 Å². The lowest BCUT2D eigenvalue weighted by Gasteiger charge is -2.12. The highest BCUT2D eigenvalue weighted by Crippen LogP contribution is 2.08. The number of aryl methyl sites for hydroxylation is 1. The quantitative estimate of drug-likeness (QED) is 0.488. The number of benzene rings is 1. The molecule has 1 aromatic rings. The lowest BCUT2D eigenvalue weighted by atomic mass is 10.1. The van der Waals surface area contributed by atoms with Gasteiger partial charge in [-0.25, -0.2) is 0 Å². The molecule has 0 saturated carbocycles. The van der Waals surface area contributed by atoms with Crippen molar-refractivity contribution in [1.82, 2.24) is 0 Å². The molecule has 0 fully saturated rings. The minimum atomic E-state index is -0.444. The number of carbonyl (C=O) groups is 1. The van der Waals surface area contributed by atoms with E-state index in [0.29, 0.717) is 32.0 Å². The largest absolute Gasteiger partial charge is 0.385 e. The minimum Gasteiger partial charge on any atom is -0.385 e.